The first-order chi connectivity index (χ1) is 15.4. The summed E-state index contributed by atoms with van der Waals surface area (Å²) >= 11 is 5.91. The highest BCUT2D eigenvalue weighted by Crippen LogP contribution is 2.22. The second-order valence-electron chi connectivity index (χ2n) is 7.50. The van der Waals surface area contributed by atoms with Crippen molar-refractivity contribution in [1.82, 2.24) is 4.90 Å². The van der Waals surface area contributed by atoms with E-state index >= 15 is 0 Å². The molecule has 1 fully saturated rings. The number of hydrogen-bond acceptors (Lipinski definition) is 4. The van der Waals surface area contributed by atoms with E-state index in [0.29, 0.717) is 39.0 Å². The third-order valence-electron chi connectivity index (χ3n) is 5.26. The highest BCUT2D eigenvalue weighted by Gasteiger charge is 2.22. The van der Waals surface area contributed by atoms with Crippen molar-refractivity contribution >= 4 is 34.8 Å². The zero-order chi connectivity index (χ0) is 22.7. The first-order valence-corrected chi connectivity index (χ1v) is 10.5. The molecule has 1 saturated heterocycles. The van der Waals surface area contributed by atoms with Crippen molar-refractivity contribution in [1.29, 1.82) is 5.41 Å². The Balaban J connectivity index is 1.53. The Bertz CT molecular complexity index is 1170. The molecule has 4 rings (SSSR count). The van der Waals surface area contributed by atoms with Gasteiger partial charge in [0.15, 0.2) is 5.78 Å². The van der Waals surface area contributed by atoms with Crippen molar-refractivity contribution in [3.63, 3.8) is 0 Å². The molecule has 1 heterocycles. The molecule has 3 aromatic rings. The first-order valence-electron chi connectivity index (χ1n) is 10.2. The van der Waals surface area contributed by atoms with Gasteiger partial charge >= 0.3 is 0 Å². The van der Waals surface area contributed by atoms with Crippen LogP contribution in [-0.4, -0.2) is 42.6 Å². The topological polar surface area (TPSA) is 82.3 Å². The molecule has 0 atom stereocenters. The van der Waals surface area contributed by atoms with Gasteiger partial charge in [-0.2, -0.15) is 0 Å². The average Bonchev–Trinajstić information content (AvgIpc) is 3.66. The van der Waals surface area contributed by atoms with Crippen molar-refractivity contribution in [3.8, 4) is 5.75 Å². The van der Waals surface area contributed by atoms with Gasteiger partial charge in [0, 0.05) is 46.9 Å². The molecular formula is C25H22ClN3O3. The highest BCUT2D eigenvalue weighted by molar-refractivity contribution is 6.30. The van der Waals surface area contributed by atoms with Crippen LogP contribution in [0.25, 0.3) is 0 Å². The molecule has 0 saturated carbocycles. The number of amides is 1. The van der Waals surface area contributed by atoms with Crippen LogP contribution < -0.4 is 10.1 Å². The second-order valence-corrected chi connectivity index (χ2v) is 7.93. The van der Waals surface area contributed by atoms with E-state index in [1.165, 1.54) is 7.11 Å². The van der Waals surface area contributed by atoms with Crippen LogP contribution in [0.1, 0.15) is 31.8 Å². The summed E-state index contributed by atoms with van der Waals surface area (Å²) in [4.78, 5) is 27.8. The Morgan fingerprint density at radius 2 is 1.66 bits per heavy atom. The van der Waals surface area contributed by atoms with E-state index in [0.717, 1.165) is 18.7 Å². The van der Waals surface area contributed by atoms with E-state index in [9.17, 15) is 9.59 Å². The minimum Gasteiger partial charge on any atom is -0.497 e. The molecule has 1 aliphatic heterocycles. The summed E-state index contributed by atoms with van der Waals surface area (Å²) in [5.41, 5.74) is 2.89. The Morgan fingerprint density at radius 3 is 2.28 bits per heavy atom. The summed E-state index contributed by atoms with van der Waals surface area (Å²) in [6.45, 7) is 1.80. The smallest absolute Gasteiger partial charge is 0.256 e. The number of Topliss-reactive ketones (excluding diaryl/α,β-unsaturated/α-hetero) is 1. The molecule has 0 spiro atoms. The fraction of sp³-hybridized carbons (Fsp3) is 0.160. The summed E-state index contributed by atoms with van der Waals surface area (Å²) in [5.74, 6) is 0.553. The van der Waals surface area contributed by atoms with Gasteiger partial charge < -0.3 is 15.0 Å². The van der Waals surface area contributed by atoms with E-state index in [-0.39, 0.29) is 18.1 Å². The third-order valence-corrected chi connectivity index (χ3v) is 5.51. The maximum absolute atomic E-state index is 13.0. The molecule has 2 N–H and O–H groups in total. The molecule has 7 heteroatoms. The van der Waals surface area contributed by atoms with Crippen LogP contribution in [0.4, 0.5) is 5.69 Å². The zero-order valence-electron chi connectivity index (χ0n) is 17.5. The Labute approximate surface area is 191 Å². The van der Waals surface area contributed by atoms with Gasteiger partial charge in [0.25, 0.3) is 5.91 Å². The molecule has 0 aromatic heterocycles. The quantitative estimate of drug-likeness (QED) is 0.239. The summed E-state index contributed by atoms with van der Waals surface area (Å²) in [6.07, 6.45) is 0.0658. The van der Waals surface area contributed by atoms with Crippen LogP contribution in [0.3, 0.4) is 0 Å². The Morgan fingerprint density at radius 1 is 1.00 bits per heavy atom. The second kappa shape index (κ2) is 9.24. The molecular weight excluding hydrogens is 426 g/mol. The number of ether oxygens (including phenoxy) is 1. The van der Waals surface area contributed by atoms with E-state index in [4.69, 9.17) is 21.7 Å². The molecule has 162 valence electrons. The summed E-state index contributed by atoms with van der Waals surface area (Å²) < 4.78 is 5.27. The molecule has 0 unspecified atom stereocenters. The molecule has 3 aromatic carbocycles. The number of carbonyl (C=O) groups excluding carboxylic acids is 2. The number of halogens is 1. The van der Waals surface area contributed by atoms with Gasteiger partial charge in [-0.25, -0.2) is 0 Å². The van der Waals surface area contributed by atoms with Gasteiger partial charge in [0.05, 0.1) is 7.11 Å². The first kappa shape index (κ1) is 21.6. The van der Waals surface area contributed by atoms with Crippen molar-refractivity contribution in [2.24, 2.45) is 0 Å². The summed E-state index contributed by atoms with van der Waals surface area (Å²) in [7, 11) is 1.53. The van der Waals surface area contributed by atoms with Crippen molar-refractivity contribution < 1.29 is 14.3 Å². The average molecular weight is 448 g/mol. The van der Waals surface area contributed by atoms with E-state index in [1.54, 1.807) is 66.7 Å². The molecule has 0 radical (unpaired) electrons. The van der Waals surface area contributed by atoms with Crippen LogP contribution in [0.5, 0.6) is 5.75 Å². The van der Waals surface area contributed by atoms with Gasteiger partial charge in [0.1, 0.15) is 11.6 Å². The molecule has 1 amide bonds. The Hall–Kier alpha value is -3.64. The number of anilines is 1. The summed E-state index contributed by atoms with van der Waals surface area (Å²) in [6, 6.07) is 18.9. The van der Waals surface area contributed by atoms with Crippen molar-refractivity contribution in [2.45, 2.75) is 6.42 Å². The number of benzene rings is 3. The SMILES string of the molecule is COc1ccc(CC(=O)c2ccc(C(=N)N3CC3)cc2)c(C(=O)Nc2ccc(Cl)cc2)c1. The number of ketones is 1. The number of rotatable bonds is 7. The fourth-order valence-corrected chi connectivity index (χ4v) is 3.45. The number of nitrogens with one attached hydrogen (secondary N) is 2. The third kappa shape index (κ3) is 4.98. The molecule has 0 bridgehead atoms. The minimum absolute atomic E-state index is 0.0658. The van der Waals surface area contributed by atoms with Crippen LogP contribution in [0.15, 0.2) is 66.7 Å². The van der Waals surface area contributed by atoms with E-state index in [2.05, 4.69) is 5.32 Å². The predicted molar refractivity (Wildman–Crippen MR) is 125 cm³/mol. The van der Waals surface area contributed by atoms with Gasteiger partial charge in [-0.15, -0.1) is 0 Å². The fourth-order valence-electron chi connectivity index (χ4n) is 3.32. The zero-order valence-corrected chi connectivity index (χ0v) is 18.3. The number of nitrogens with zero attached hydrogens (tertiary/aromatic N) is 1. The Kier molecular flexibility index (Phi) is 6.23. The molecule has 1 aliphatic rings. The van der Waals surface area contributed by atoms with Gasteiger partial charge in [-0.1, -0.05) is 41.9 Å². The van der Waals surface area contributed by atoms with Crippen molar-refractivity contribution in [3.05, 3.63) is 94.0 Å². The van der Waals surface area contributed by atoms with Crippen LogP contribution >= 0.6 is 11.6 Å². The lowest BCUT2D eigenvalue weighted by molar-refractivity contribution is 0.0992. The minimum atomic E-state index is -0.337. The predicted octanol–water partition coefficient (Wildman–Crippen LogP) is 4.67. The lowest BCUT2D eigenvalue weighted by Gasteiger charge is -2.12. The maximum Gasteiger partial charge on any atom is 0.256 e. The summed E-state index contributed by atoms with van der Waals surface area (Å²) in [5, 5.41) is 11.5. The van der Waals surface area contributed by atoms with Gasteiger partial charge in [-0.05, 0) is 42.0 Å². The lowest BCUT2D eigenvalue weighted by atomic mass is 9.97. The monoisotopic (exact) mass is 447 g/mol. The molecule has 0 aliphatic carbocycles. The van der Waals surface area contributed by atoms with Gasteiger partial charge in [-0.3, -0.25) is 15.0 Å². The maximum atomic E-state index is 13.0. The number of amidine groups is 1. The number of hydrogen-bond donors (Lipinski definition) is 2. The number of methoxy groups -OCH3 is 1. The van der Waals surface area contributed by atoms with E-state index < -0.39 is 0 Å². The van der Waals surface area contributed by atoms with Crippen molar-refractivity contribution in [2.75, 3.05) is 25.5 Å². The highest BCUT2D eigenvalue weighted by atomic mass is 35.5. The number of carbonyl (C=O) groups is 2. The van der Waals surface area contributed by atoms with Crippen LogP contribution in [0.2, 0.25) is 5.02 Å². The van der Waals surface area contributed by atoms with Crippen LogP contribution in [-0.2, 0) is 6.42 Å². The van der Waals surface area contributed by atoms with Crippen LogP contribution in [0, 0.1) is 5.41 Å². The largest absolute Gasteiger partial charge is 0.497 e. The lowest BCUT2D eigenvalue weighted by Crippen LogP contribution is -2.16. The molecule has 6 nitrogen and oxygen atoms in total. The van der Waals surface area contributed by atoms with E-state index in [1.807, 2.05) is 4.90 Å². The standard InChI is InChI=1S/C25H22ClN3O3/c1-32-21-11-6-18(22(15-21)25(31)28-20-9-7-19(26)8-10-20)14-23(30)16-2-4-17(5-3-16)24(27)29-12-13-29/h2-11,15,27H,12-14H2,1H3,(H,28,31). The van der Waals surface area contributed by atoms with Gasteiger partial charge in [0.2, 0.25) is 0 Å². The normalized spacial score (nSPS) is 12.2. The molecule has 32 heavy (non-hydrogen) atoms.